The highest BCUT2D eigenvalue weighted by Gasteiger charge is 2.05. The van der Waals surface area contributed by atoms with Crippen molar-refractivity contribution in [3.8, 4) is 0 Å². The molecule has 2 aromatic rings. The molecule has 1 aromatic heterocycles. The molecule has 0 amide bonds. The molecule has 0 fully saturated rings. The van der Waals surface area contributed by atoms with Gasteiger partial charge in [0.05, 0.1) is 6.26 Å². The summed E-state index contributed by atoms with van der Waals surface area (Å²) < 4.78 is 29.6. The Morgan fingerprint density at radius 3 is 2.62 bits per heavy atom. The molecule has 0 atom stereocenters. The van der Waals surface area contributed by atoms with Gasteiger partial charge in [0.15, 0.2) is 5.11 Å². The van der Waals surface area contributed by atoms with Crippen molar-refractivity contribution in [3.63, 3.8) is 0 Å². The second kappa shape index (κ2) is 7.99. The van der Waals surface area contributed by atoms with Gasteiger partial charge in [0, 0.05) is 23.5 Å². The van der Waals surface area contributed by atoms with Gasteiger partial charge in [0.25, 0.3) is 5.76 Å². The average Bonchev–Trinajstić information content (AvgIpc) is 2.93. The third-order valence-corrected chi connectivity index (χ3v) is 3.54. The maximum absolute atomic E-state index is 12.2. The summed E-state index contributed by atoms with van der Waals surface area (Å²) in [7, 11) is 0. The highest BCUT2D eigenvalue weighted by Crippen LogP contribution is 2.26. The van der Waals surface area contributed by atoms with Gasteiger partial charge in [-0.3, -0.25) is 0 Å². The normalized spacial score (nSPS) is 10.6. The minimum absolute atomic E-state index is 0.482. The van der Waals surface area contributed by atoms with Gasteiger partial charge in [-0.1, -0.05) is 11.8 Å². The van der Waals surface area contributed by atoms with Crippen LogP contribution in [0.25, 0.3) is 0 Å². The number of anilines is 1. The first kappa shape index (κ1) is 15.8. The molecule has 3 nitrogen and oxygen atoms in total. The molecule has 0 spiro atoms. The SMILES string of the molecule is FC(F)Sc1ccc(NC(=S)NCCc2ccco2)cc1. The lowest BCUT2D eigenvalue weighted by Crippen LogP contribution is -2.30. The first-order chi connectivity index (χ1) is 10.1. The second-order valence-corrected chi connectivity index (χ2v) is 5.58. The molecule has 0 bridgehead atoms. The van der Waals surface area contributed by atoms with Crippen LogP contribution < -0.4 is 10.6 Å². The Bertz CT molecular complexity index is 559. The van der Waals surface area contributed by atoms with Crippen molar-refractivity contribution >= 4 is 34.8 Å². The van der Waals surface area contributed by atoms with Crippen molar-refractivity contribution in [1.29, 1.82) is 0 Å². The first-order valence-corrected chi connectivity index (χ1v) is 7.54. The maximum atomic E-state index is 12.2. The van der Waals surface area contributed by atoms with Crippen molar-refractivity contribution in [3.05, 3.63) is 48.4 Å². The molecule has 112 valence electrons. The van der Waals surface area contributed by atoms with Gasteiger partial charge in [-0.2, -0.15) is 8.78 Å². The third kappa shape index (κ3) is 5.73. The number of hydrogen-bond acceptors (Lipinski definition) is 3. The molecule has 0 saturated heterocycles. The number of thiocarbonyl (C=S) groups is 1. The molecular formula is C14H14F2N2OS2. The summed E-state index contributed by atoms with van der Waals surface area (Å²) in [5.74, 6) is -1.52. The molecule has 2 N–H and O–H groups in total. The largest absolute Gasteiger partial charge is 0.469 e. The average molecular weight is 328 g/mol. The van der Waals surface area contributed by atoms with Gasteiger partial charge in [0.2, 0.25) is 0 Å². The van der Waals surface area contributed by atoms with Crippen LogP contribution in [0.1, 0.15) is 5.76 Å². The minimum Gasteiger partial charge on any atom is -0.469 e. The van der Waals surface area contributed by atoms with E-state index in [-0.39, 0.29) is 0 Å². The minimum atomic E-state index is -2.41. The number of furan rings is 1. The summed E-state index contributed by atoms with van der Waals surface area (Å²) in [6, 6.07) is 10.4. The van der Waals surface area contributed by atoms with Crippen LogP contribution in [0.5, 0.6) is 0 Å². The van der Waals surface area contributed by atoms with Gasteiger partial charge in [-0.15, -0.1) is 0 Å². The van der Waals surface area contributed by atoms with Crippen molar-refractivity contribution < 1.29 is 13.2 Å². The van der Waals surface area contributed by atoms with E-state index in [1.165, 1.54) is 0 Å². The Morgan fingerprint density at radius 2 is 2.00 bits per heavy atom. The lowest BCUT2D eigenvalue weighted by atomic mass is 10.3. The van der Waals surface area contributed by atoms with Gasteiger partial charge in [-0.25, -0.2) is 0 Å². The fourth-order valence-electron chi connectivity index (χ4n) is 1.65. The van der Waals surface area contributed by atoms with E-state index in [1.807, 2.05) is 12.1 Å². The molecule has 0 unspecified atom stereocenters. The summed E-state index contributed by atoms with van der Waals surface area (Å²) in [4.78, 5) is 0.521. The van der Waals surface area contributed by atoms with Crippen molar-refractivity contribution in [2.24, 2.45) is 0 Å². The number of thioether (sulfide) groups is 1. The Morgan fingerprint density at radius 1 is 1.24 bits per heavy atom. The van der Waals surface area contributed by atoms with Crippen LogP contribution in [0, 0.1) is 0 Å². The number of benzene rings is 1. The molecule has 0 saturated carbocycles. The molecule has 0 aliphatic rings. The summed E-state index contributed by atoms with van der Waals surface area (Å²) >= 11 is 5.67. The number of rotatable bonds is 6. The van der Waals surface area contributed by atoms with E-state index in [9.17, 15) is 8.78 Å². The predicted octanol–water partition coefficient (Wildman–Crippen LogP) is 4.12. The van der Waals surface area contributed by atoms with Gasteiger partial charge < -0.3 is 15.1 Å². The topological polar surface area (TPSA) is 37.2 Å². The van der Waals surface area contributed by atoms with Crippen LogP contribution in [0.15, 0.2) is 52.0 Å². The number of nitrogens with one attached hydrogen (secondary N) is 2. The van der Waals surface area contributed by atoms with Gasteiger partial charge in [-0.05, 0) is 48.6 Å². The number of halogens is 2. The molecule has 0 aliphatic heterocycles. The number of alkyl halides is 2. The molecule has 2 rings (SSSR count). The van der Waals surface area contributed by atoms with E-state index in [4.69, 9.17) is 16.6 Å². The van der Waals surface area contributed by atoms with E-state index < -0.39 is 5.76 Å². The summed E-state index contributed by atoms with van der Waals surface area (Å²) in [6.45, 7) is 0.651. The highest BCUT2D eigenvalue weighted by atomic mass is 32.2. The predicted molar refractivity (Wildman–Crippen MR) is 84.9 cm³/mol. The quantitative estimate of drug-likeness (QED) is 0.616. The smallest absolute Gasteiger partial charge is 0.288 e. The van der Waals surface area contributed by atoms with E-state index in [2.05, 4.69) is 10.6 Å². The fourth-order valence-corrected chi connectivity index (χ4v) is 2.37. The Hall–Kier alpha value is -1.60. The second-order valence-electron chi connectivity index (χ2n) is 4.11. The molecule has 1 aromatic carbocycles. The molecular weight excluding hydrogens is 314 g/mol. The Labute approximate surface area is 131 Å². The molecule has 0 radical (unpaired) electrons. The lowest BCUT2D eigenvalue weighted by Gasteiger charge is -2.10. The first-order valence-electron chi connectivity index (χ1n) is 6.25. The third-order valence-electron chi connectivity index (χ3n) is 2.57. The standard InChI is InChI=1S/C14H14F2N2OS2/c15-13(16)21-12-5-3-10(4-6-12)18-14(20)17-8-7-11-2-1-9-19-11/h1-6,9,13H,7-8H2,(H2,17,18,20). The van der Waals surface area contributed by atoms with Gasteiger partial charge >= 0.3 is 0 Å². The van der Waals surface area contributed by atoms with Crippen LogP contribution in [0.3, 0.4) is 0 Å². The highest BCUT2D eigenvalue weighted by molar-refractivity contribution is 7.99. The fraction of sp³-hybridized carbons (Fsp3) is 0.214. The molecule has 0 aliphatic carbocycles. The van der Waals surface area contributed by atoms with E-state index in [1.54, 1.807) is 30.5 Å². The maximum Gasteiger partial charge on any atom is 0.288 e. The van der Waals surface area contributed by atoms with Crippen LogP contribution in [0.2, 0.25) is 0 Å². The molecule has 1 heterocycles. The summed E-state index contributed by atoms with van der Waals surface area (Å²) in [5, 5.41) is 6.53. The van der Waals surface area contributed by atoms with Crippen molar-refractivity contribution in [2.45, 2.75) is 17.1 Å². The van der Waals surface area contributed by atoms with Crippen molar-refractivity contribution in [2.75, 3.05) is 11.9 Å². The molecule has 21 heavy (non-hydrogen) atoms. The Kier molecular flexibility index (Phi) is 6.01. The zero-order chi connectivity index (χ0) is 15.1. The van der Waals surface area contributed by atoms with E-state index in [0.29, 0.717) is 28.3 Å². The van der Waals surface area contributed by atoms with Crippen molar-refractivity contribution in [1.82, 2.24) is 5.32 Å². The lowest BCUT2D eigenvalue weighted by molar-refractivity contribution is 0.252. The molecule has 7 heteroatoms. The number of hydrogen-bond donors (Lipinski definition) is 2. The van der Waals surface area contributed by atoms with Gasteiger partial charge in [0.1, 0.15) is 5.76 Å². The summed E-state index contributed by atoms with van der Waals surface area (Å²) in [5.41, 5.74) is 0.754. The zero-order valence-electron chi connectivity index (χ0n) is 11.0. The summed E-state index contributed by atoms with van der Waals surface area (Å²) in [6.07, 6.45) is 2.36. The van der Waals surface area contributed by atoms with Crippen LogP contribution in [0.4, 0.5) is 14.5 Å². The monoisotopic (exact) mass is 328 g/mol. The van der Waals surface area contributed by atoms with Crippen LogP contribution >= 0.6 is 24.0 Å². The Balaban J connectivity index is 1.74. The van der Waals surface area contributed by atoms with E-state index in [0.717, 1.165) is 17.9 Å². The van der Waals surface area contributed by atoms with Crippen LogP contribution in [-0.4, -0.2) is 17.4 Å². The van der Waals surface area contributed by atoms with E-state index >= 15 is 0 Å². The zero-order valence-corrected chi connectivity index (χ0v) is 12.6. The van der Waals surface area contributed by atoms with Crippen LogP contribution in [-0.2, 0) is 6.42 Å².